The van der Waals surface area contributed by atoms with Gasteiger partial charge in [-0.15, -0.1) is 0 Å². The predicted molar refractivity (Wildman–Crippen MR) is 99.2 cm³/mol. The summed E-state index contributed by atoms with van der Waals surface area (Å²) in [5.74, 6) is 0.186. The third-order valence-electron chi connectivity index (χ3n) is 3.72. The lowest BCUT2D eigenvalue weighted by Gasteiger charge is -2.23. The highest BCUT2D eigenvalue weighted by atomic mass is 16.2. The van der Waals surface area contributed by atoms with Crippen molar-refractivity contribution in [3.63, 3.8) is 0 Å². The average molecular weight is 333 g/mol. The van der Waals surface area contributed by atoms with Crippen LogP contribution in [0.4, 0.5) is 5.69 Å². The Morgan fingerprint density at radius 2 is 1.71 bits per heavy atom. The van der Waals surface area contributed by atoms with Crippen molar-refractivity contribution in [2.75, 3.05) is 25.5 Å². The third-order valence-corrected chi connectivity index (χ3v) is 3.72. The molecule has 5 heteroatoms. The van der Waals surface area contributed by atoms with E-state index >= 15 is 0 Å². The second-order valence-corrected chi connectivity index (χ2v) is 7.42. The fourth-order valence-electron chi connectivity index (χ4n) is 2.45. The average Bonchev–Trinajstić information content (AvgIpc) is 2.44. The van der Waals surface area contributed by atoms with Gasteiger partial charge in [0.15, 0.2) is 0 Å². The maximum Gasteiger partial charge on any atom is 0.238 e. The van der Waals surface area contributed by atoms with Crippen molar-refractivity contribution in [2.45, 2.75) is 52.5 Å². The normalized spacial score (nSPS) is 12.8. The Morgan fingerprint density at radius 3 is 2.29 bits per heavy atom. The Hall–Kier alpha value is -1.88. The minimum atomic E-state index is -0.268. The first-order valence-corrected chi connectivity index (χ1v) is 8.50. The minimum absolute atomic E-state index is 0.0854. The Bertz CT molecular complexity index is 564. The molecule has 0 bridgehead atoms. The zero-order chi connectivity index (χ0) is 18.3. The highest BCUT2D eigenvalue weighted by molar-refractivity contribution is 5.93. The van der Waals surface area contributed by atoms with Crippen molar-refractivity contribution < 1.29 is 9.59 Å². The Morgan fingerprint density at radius 1 is 1.12 bits per heavy atom. The van der Waals surface area contributed by atoms with Crippen LogP contribution < -0.4 is 10.6 Å². The van der Waals surface area contributed by atoms with Crippen molar-refractivity contribution >= 4 is 17.5 Å². The van der Waals surface area contributed by atoms with Gasteiger partial charge in [0.05, 0.1) is 13.1 Å². The van der Waals surface area contributed by atoms with Crippen molar-refractivity contribution in [1.82, 2.24) is 10.2 Å². The fourth-order valence-corrected chi connectivity index (χ4v) is 2.45. The molecule has 0 saturated carbocycles. The van der Waals surface area contributed by atoms with Crippen molar-refractivity contribution in [3.05, 3.63) is 29.8 Å². The highest BCUT2D eigenvalue weighted by Crippen LogP contribution is 2.26. The van der Waals surface area contributed by atoms with Gasteiger partial charge < -0.3 is 10.6 Å². The molecule has 2 amide bonds. The first kappa shape index (κ1) is 20.2. The molecule has 0 saturated heterocycles. The maximum absolute atomic E-state index is 12.3. The van der Waals surface area contributed by atoms with Crippen LogP contribution in [-0.2, 0) is 9.59 Å². The molecule has 1 aromatic carbocycles. The molecule has 0 aliphatic rings. The summed E-state index contributed by atoms with van der Waals surface area (Å²) >= 11 is 0. The van der Waals surface area contributed by atoms with Crippen LogP contribution in [0.1, 0.15) is 52.5 Å². The van der Waals surface area contributed by atoms with Gasteiger partial charge in [-0.25, -0.2) is 0 Å². The van der Waals surface area contributed by atoms with E-state index in [-0.39, 0.29) is 30.4 Å². The van der Waals surface area contributed by atoms with Gasteiger partial charge in [0.25, 0.3) is 0 Å². The number of rotatable bonds is 7. The highest BCUT2D eigenvalue weighted by Gasteiger charge is 2.17. The van der Waals surface area contributed by atoms with Crippen LogP contribution in [-0.4, -0.2) is 42.4 Å². The molecule has 1 aromatic rings. The predicted octanol–water partition coefficient (Wildman–Crippen LogP) is 2.99. The lowest BCUT2D eigenvalue weighted by molar-refractivity contribution is -0.124. The summed E-state index contributed by atoms with van der Waals surface area (Å²) < 4.78 is 0. The summed E-state index contributed by atoms with van der Waals surface area (Å²) in [6.07, 6.45) is 1.01. The van der Waals surface area contributed by atoms with Gasteiger partial charge in [-0.2, -0.15) is 0 Å². The zero-order valence-electron chi connectivity index (χ0n) is 15.8. The summed E-state index contributed by atoms with van der Waals surface area (Å²) in [5.41, 5.74) is 1.72. The number of amides is 2. The van der Waals surface area contributed by atoms with Gasteiger partial charge in [0.1, 0.15) is 0 Å². The molecule has 0 aliphatic carbocycles. The van der Waals surface area contributed by atoms with Gasteiger partial charge in [0.2, 0.25) is 11.8 Å². The number of para-hydroxylation sites is 1. The molecule has 0 unspecified atom stereocenters. The van der Waals surface area contributed by atoms with Crippen molar-refractivity contribution in [1.29, 1.82) is 0 Å². The first-order chi connectivity index (χ1) is 11.1. The van der Waals surface area contributed by atoms with Crippen LogP contribution in [0.5, 0.6) is 0 Å². The van der Waals surface area contributed by atoms with E-state index in [0.717, 1.165) is 17.7 Å². The molecular formula is C19H31N3O2. The number of carbonyl (C=O) groups excluding carboxylic acids is 2. The summed E-state index contributed by atoms with van der Waals surface area (Å²) in [6.45, 7) is 10.4. The molecule has 0 spiro atoms. The number of nitrogens with zero attached hydrogens (tertiary/aromatic N) is 1. The number of carbonyl (C=O) groups is 2. The van der Waals surface area contributed by atoms with Crippen LogP contribution >= 0.6 is 0 Å². The molecule has 5 nitrogen and oxygen atoms in total. The monoisotopic (exact) mass is 333 g/mol. The summed E-state index contributed by atoms with van der Waals surface area (Å²) in [6, 6.07) is 7.87. The van der Waals surface area contributed by atoms with Gasteiger partial charge in [-0.05, 0) is 51.8 Å². The van der Waals surface area contributed by atoms with Gasteiger partial charge in [-0.1, -0.05) is 32.0 Å². The summed E-state index contributed by atoms with van der Waals surface area (Å²) in [5, 5.41) is 5.86. The van der Waals surface area contributed by atoms with E-state index in [9.17, 15) is 9.59 Å². The van der Waals surface area contributed by atoms with E-state index in [1.54, 1.807) is 11.9 Å². The topological polar surface area (TPSA) is 61.4 Å². The third kappa shape index (κ3) is 7.13. The van der Waals surface area contributed by atoms with Gasteiger partial charge in [-0.3, -0.25) is 14.5 Å². The molecule has 2 N–H and O–H groups in total. The molecule has 0 aliphatic heterocycles. The number of hydrogen-bond acceptors (Lipinski definition) is 3. The number of hydrogen-bond donors (Lipinski definition) is 2. The number of anilines is 1. The first-order valence-electron chi connectivity index (χ1n) is 8.50. The zero-order valence-corrected chi connectivity index (χ0v) is 15.8. The fraction of sp³-hybridized carbons (Fsp3) is 0.579. The van der Waals surface area contributed by atoms with E-state index in [1.165, 1.54) is 0 Å². The molecule has 1 atom stereocenters. The van der Waals surface area contributed by atoms with Crippen LogP contribution in [0.3, 0.4) is 0 Å². The molecular weight excluding hydrogens is 302 g/mol. The molecule has 0 heterocycles. The Labute approximate surface area is 145 Å². The molecule has 134 valence electrons. The molecule has 0 fully saturated rings. The molecule has 1 rings (SSSR count). The lowest BCUT2D eigenvalue weighted by atomic mass is 9.97. The summed E-state index contributed by atoms with van der Waals surface area (Å²) in [7, 11) is 1.77. The van der Waals surface area contributed by atoms with Crippen molar-refractivity contribution in [3.8, 4) is 0 Å². The maximum atomic E-state index is 12.3. The van der Waals surface area contributed by atoms with E-state index in [0.29, 0.717) is 5.92 Å². The second-order valence-electron chi connectivity index (χ2n) is 7.42. The Kier molecular flexibility index (Phi) is 7.42. The van der Waals surface area contributed by atoms with Crippen LogP contribution in [0.2, 0.25) is 0 Å². The molecule has 0 aromatic heterocycles. The largest absolute Gasteiger partial charge is 0.350 e. The minimum Gasteiger partial charge on any atom is -0.350 e. The number of benzene rings is 1. The van der Waals surface area contributed by atoms with E-state index in [1.807, 2.05) is 45.0 Å². The van der Waals surface area contributed by atoms with E-state index < -0.39 is 0 Å². The van der Waals surface area contributed by atoms with Crippen LogP contribution in [0.25, 0.3) is 0 Å². The standard InChI is InChI=1S/C19H31N3O2/c1-7-14(2)15-10-8-9-11-16(15)20-17(23)12-22(6)13-18(24)21-19(3,4)5/h8-11,14H,7,12-13H2,1-6H3,(H,20,23)(H,21,24)/t14-/m0/s1. The van der Waals surface area contributed by atoms with Crippen molar-refractivity contribution in [2.24, 2.45) is 0 Å². The van der Waals surface area contributed by atoms with E-state index in [4.69, 9.17) is 0 Å². The summed E-state index contributed by atoms with van der Waals surface area (Å²) in [4.78, 5) is 25.9. The smallest absolute Gasteiger partial charge is 0.238 e. The Balaban J connectivity index is 2.59. The molecule has 0 radical (unpaired) electrons. The second kappa shape index (κ2) is 8.83. The quantitative estimate of drug-likeness (QED) is 0.806. The SMILES string of the molecule is CC[C@H](C)c1ccccc1NC(=O)CN(C)CC(=O)NC(C)(C)C. The van der Waals surface area contributed by atoms with E-state index in [2.05, 4.69) is 24.5 Å². The number of nitrogens with one attached hydrogen (secondary N) is 2. The lowest BCUT2D eigenvalue weighted by Crippen LogP contribution is -2.46. The van der Waals surface area contributed by atoms with Crippen LogP contribution in [0, 0.1) is 0 Å². The molecule has 24 heavy (non-hydrogen) atoms. The van der Waals surface area contributed by atoms with Gasteiger partial charge in [0, 0.05) is 11.2 Å². The van der Waals surface area contributed by atoms with Crippen LogP contribution in [0.15, 0.2) is 24.3 Å². The van der Waals surface area contributed by atoms with Gasteiger partial charge >= 0.3 is 0 Å². The number of likely N-dealkylation sites (N-methyl/N-ethyl adjacent to an activating group) is 1.